The molecule has 1 aromatic heterocycles. The maximum Gasteiger partial charge on any atom is 0.186 e. The minimum Gasteiger partial charge on any atom is -0.493 e. The number of anilines is 2. The zero-order chi connectivity index (χ0) is 28.1. The lowest BCUT2D eigenvalue weighted by Crippen LogP contribution is -2.08. The van der Waals surface area contributed by atoms with Gasteiger partial charge >= 0.3 is 0 Å². The van der Waals surface area contributed by atoms with Crippen LogP contribution in [0.4, 0.5) is 11.5 Å². The summed E-state index contributed by atoms with van der Waals surface area (Å²) in [6.07, 6.45) is 5.26. The molecule has 40 heavy (non-hydrogen) atoms. The summed E-state index contributed by atoms with van der Waals surface area (Å²) in [5.41, 5.74) is 1.95. The third-order valence-electron chi connectivity index (χ3n) is 5.99. The van der Waals surface area contributed by atoms with E-state index < -0.39 is 0 Å². The van der Waals surface area contributed by atoms with E-state index in [-0.39, 0.29) is 17.1 Å². The molecule has 0 saturated heterocycles. The Morgan fingerprint density at radius 1 is 0.875 bits per heavy atom. The van der Waals surface area contributed by atoms with Gasteiger partial charge in [-0.15, -0.1) is 0 Å². The Balaban J connectivity index is 1.52. The van der Waals surface area contributed by atoms with E-state index in [0.29, 0.717) is 64.2 Å². The van der Waals surface area contributed by atoms with Crippen molar-refractivity contribution in [3.63, 3.8) is 0 Å². The quantitative estimate of drug-likeness (QED) is 0.171. The van der Waals surface area contributed by atoms with E-state index in [1.807, 2.05) is 12.1 Å². The molecular weight excluding hydrogens is 578 g/mol. The van der Waals surface area contributed by atoms with Gasteiger partial charge in [-0.2, -0.15) is 0 Å². The fourth-order valence-electron chi connectivity index (χ4n) is 4.06. The van der Waals surface area contributed by atoms with Crippen LogP contribution in [0.15, 0.2) is 83.6 Å². The van der Waals surface area contributed by atoms with Crippen molar-refractivity contribution in [1.82, 2.24) is 9.97 Å². The van der Waals surface area contributed by atoms with Gasteiger partial charge in [-0.3, -0.25) is 9.59 Å². The molecule has 0 atom stereocenters. The molecule has 0 spiro atoms. The highest BCUT2D eigenvalue weighted by atomic mass is 79.9. The molecule has 1 aliphatic carbocycles. The molecule has 5 rings (SSSR count). The van der Waals surface area contributed by atoms with Gasteiger partial charge in [0.25, 0.3) is 0 Å². The van der Waals surface area contributed by atoms with Crippen LogP contribution in [0, 0.1) is 0 Å². The summed E-state index contributed by atoms with van der Waals surface area (Å²) < 4.78 is 23.4. The maximum absolute atomic E-state index is 12.8. The van der Waals surface area contributed by atoms with Gasteiger partial charge in [0.1, 0.15) is 30.3 Å². The van der Waals surface area contributed by atoms with E-state index in [1.165, 1.54) is 24.6 Å². The highest BCUT2D eigenvalue weighted by molar-refractivity contribution is 9.10. The second-order valence-electron chi connectivity index (χ2n) is 8.63. The zero-order valence-corrected chi connectivity index (χ0v) is 23.2. The molecule has 0 saturated carbocycles. The second kappa shape index (κ2) is 12.1. The maximum atomic E-state index is 12.8. The summed E-state index contributed by atoms with van der Waals surface area (Å²) in [5.74, 6) is 1.99. The highest BCUT2D eigenvalue weighted by Crippen LogP contribution is 2.38. The van der Waals surface area contributed by atoms with Gasteiger partial charge in [-0.25, -0.2) is 9.97 Å². The van der Waals surface area contributed by atoms with Crippen LogP contribution in [0.5, 0.6) is 23.0 Å². The number of ether oxygens (including phenoxy) is 4. The van der Waals surface area contributed by atoms with Gasteiger partial charge in [-0.1, -0.05) is 15.9 Å². The molecular formula is C30H24BrN3O6. The molecule has 1 heterocycles. The number of nitrogens with zero attached hydrogens (tertiary/aromatic N) is 2. The third kappa shape index (κ3) is 6.03. The summed E-state index contributed by atoms with van der Waals surface area (Å²) in [6.45, 7) is 0.792. The summed E-state index contributed by atoms with van der Waals surface area (Å²) in [6, 6.07) is 16.2. The van der Waals surface area contributed by atoms with Gasteiger partial charge in [0.05, 0.1) is 19.2 Å². The van der Waals surface area contributed by atoms with Crippen LogP contribution in [0.1, 0.15) is 5.56 Å². The molecule has 10 heteroatoms. The van der Waals surface area contributed by atoms with E-state index in [9.17, 15) is 9.59 Å². The largest absolute Gasteiger partial charge is 0.493 e. The van der Waals surface area contributed by atoms with Crippen molar-refractivity contribution in [1.29, 1.82) is 0 Å². The molecule has 0 aliphatic heterocycles. The number of aromatic nitrogens is 2. The zero-order valence-electron chi connectivity index (χ0n) is 21.6. The summed E-state index contributed by atoms with van der Waals surface area (Å²) in [7, 11) is 3.16. The molecule has 0 radical (unpaired) electrons. The fourth-order valence-corrected chi connectivity index (χ4v) is 4.33. The topological polar surface area (TPSA) is 109 Å². The fraction of sp³-hybridized carbons (Fsp3) is 0.133. The lowest BCUT2D eigenvalue weighted by molar-refractivity contribution is -0.113. The van der Waals surface area contributed by atoms with Crippen molar-refractivity contribution in [3.8, 4) is 23.0 Å². The van der Waals surface area contributed by atoms with Gasteiger partial charge in [0.15, 0.2) is 23.1 Å². The average molecular weight is 602 g/mol. The Hall–Kier alpha value is -4.54. The Morgan fingerprint density at radius 3 is 2.48 bits per heavy atom. The molecule has 9 nitrogen and oxygen atoms in total. The first-order chi connectivity index (χ1) is 19.4. The Morgan fingerprint density at radius 2 is 1.70 bits per heavy atom. The SMILES string of the molecule is COCCOc1cc2ncnc(Nc3ccc(Oc4ccc(Br)cc4)c(C4=CC(=O)C=CC4=O)c3)c2cc1OC. The molecule has 202 valence electrons. The number of fused-ring (bicyclic) bond motifs is 1. The Kier molecular flexibility index (Phi) is 8.18. The van der Waals surface area contributed by atoms with Gasteiger partial charge < -0.3 is 24.3 Å². The lowest BCUT2D eigenvalue weighted by atomic mass is 9.95. The number of halogens is 1. The number of carbonyl (C=O) groups excluding carboxylic acids is 2. The third-order valence-corrected chi connectivity index (χ3v) is 6.52. The summed E-state index contributed by atoms with van der Waals surface area (Å²) in [5, 5.41) is 4.00. The van der Waals surface area contributed by atoms with Crippen LogP contribution in [0.25, 0.3) is 16.5 Å². The number of allylic oxidation sites excluding steroid dienone is 4. The number of hydrogen-bond acceptors (Lipinski definition) is 9. The summed E-state index contributed by atoms with van der Waals surface area (Å²) in [4.78, 5) is 33.8. The van der Waals surface area contributed by atoms with Crippen molar-refractivity contribution >= 4 is 55.5 Å². The number of methoxy groups -OCH3 is 2. The van der Waals surface area contributed by atoms with E-state index >= 15 is 0 Å². The smallest absolute Gasteiger partial charge is 0.186 e. The molecule has 0 amide bonds. The molecule has 3 aromatic carbocycles. The van der Waals surface area contributed by atoms with Crippen LogP contribution in [-0.2, 0) is 14.3 Å². The normalized spacial score (nSPS) is 12.8. The number of rotatable bonds is 10. The predicted octanol–water partition coefficient (Wildman–Crippen LogP) is 6.05. The number of hydrogen-bond donors (Lipinski definition) is 1. The van der Waals surface area contributed by atoms with Gasteiger partial charge in [0.2, 0.25) is 0 Å². The molecule has 0 unspecified atom stereocenters. The average Bonchev–Trinajstić information content (AvgIpc) is 2.96. The van der Waals surface area contributed by atoms with Gasteiger partial charge in [0, 0.05) is 39.9 Å². The van der Waals surface area contributed by atoms with Crippen molar-refractivity contribution in [2.75, 3.05) is 32.8 Å². The first kappa shape index (κ1) is 27.0. The summed E-state index contributed by atoms with van der Waals surface area (Å²) >= 11 is 3.41. The predicted molar refractivity (Wildman–Crippen MR) is 155 cm³/mol. The van der Waals surface area contributed by atoms with Crippen LogP contribution in [0.3, 0.4) is 0 Å². The van der Waals surface area contributed by atoms with Crippen LogP contribution in [0.2, 0.25) is 0 Å². The number of carbonyl (C=O) groups is 2. The molecule has 1 aliphatic rings. The monoisotopic (exact) mass is 601 g/mol. The lowest BCUT2D eigenvalue weighted by Gasteiger charge is -2.17. The number of ketones is 2. The standard InChI is InChI=1S/C30H24BrN3O6/c1-37-11-12-39-29-16-25-24(15-28(29)38-2)30(33-17-32-25)34-19-5-10-27(40-21-7-3-18(31)4-8-21)23(13-19)22-14-20(35)6-9-26(22)36/h3-10,13-17H,11-12H2,1-2H3,(H,32,33,34). The van der Waals surface area contributed by atoms with Crippen LogP contribution < -0.4 is 19.5 Å². The van der Waals surface area contributed by atoms with E-state index in [4.69, 9.17) is 18.9 Å². The number of nitrogens with one attached hydrogen (secondary N) is 1. The molecule has 0 fully saturated rings. The number of benzene rings is 3. The minimum absolute atomic E-state index is 0.232. The van der Waals surface area contributed by atoms with E-state index in [2.05, 4.69) is 31.2 Å². The van der Waals surface area contributed by atoms with Gasteiger partial charge in [-0.05, 0) is 66.8 Å². The molecule has 1 N–H and O–H groups in total. The second-order valence-corrected chi connectivity index (χ2v) is 9.55. The highest BCUT2D eigenvalue weighted by Gasteiger charge is 2.21. The Labute approximate surface area is 238 Å². The molecule has 4 aromatic rings. The van der Waals surface area contributed by atoms with Crippen molar-refractivity contribution in [3.05, 3.63) is 89.2 Å². The van der Waals surface area contributed by atoms with Crippen molar-refractivity contribution in [2.45, 2.75) is 0 Å². The Bertz CT molecular complexity index is 1650. The first-order valence-corrected chi connectivity index (χ1v) is 13.0. The van der Waals surface area contributed by atoms with Crippen molar-refractivity contribution in [2.24, 2.45) is 0 Å². The van der Waals surface area contributed by atoms with E-state index in [0.717, 1.165) is 4.47 Å². The van der Waals surface area contributed by atoms with Crippen LogP contribution >= 0.6 is 15.9 Å². The first-order valence-electron chi connectivity index (χ1n) is 12.2. The van der Waals surface area contributed by atoms with E-state index in [1.54, 1.807) is 56.7 Å². The van der Waals surface area contributed by atoms with Crippen molar-refractivity contribution < 1.29 is 28.5 Å². The minimum atomic E-state index is -0.296. The van der Waals surface area contributed by atoms with Crippen LogP contribution in [-0.4, -0.2) is 49.0 Å². The molecule has 0 bridgehead atoms.